The Bertz CT molecular complexity index is 466. The molecule has 0 fully saturated rings. The fourth-order valence-electron chi connectivity index (χ4n) is 1.84. The van der Waals surface area contributed by atoms with Crippen LogP contribution in [0.4, 0.5) is 10.5 Å². The van der Waals surface area contributed by atoms with Gasteiger partial charge in [0.15, 0.2) is 0 Å². The largest absolute Gasteiger partial charge is 0.331 e. The number of anilines is 1. The third-order valence-electron chi connectivity index (χ3n) is 3.37. The van der Waals surface area contributed by atoms with E-state index < -0.39 is 0 Å². The molecule has 4 N–H and O–H groups in total. The summed E-state index contributed by atoms with van der Waals surface area (Å²) in [4.78, 5) is 11.9. The number of nitrogens with one attached hydrogen (secondary N) is 2. The van der Waals surface area contributed by atoms with Crippen molar-refractivity contribution in [2.75, 3.05) is 11.9 Å². The van der Waals surface area contributed by atoms with Crippen molar-refractivity contribution < 1.29 is 4.79 Å². The lowest BCUT2D eigenvalue weighted by Crippen LogP contribution is -2.54. The van der Waals surface area contributed by atoms with Gasteiger partial charge in [-0.15, -0.1) is 0 Å². The number of carbonyl (C=O) groups is 1. The number of nitriles is 1. The maximum absolute atomic E-state index is 11.9. The Morgan fingerprint density at radius 1 is 1.42 bits per heavy atom. The van der Waals surface area contributed by atoms with Crippen molar-refractivity contribution in [3.8, 4) is 6.07 Å². The molecule has 0 atom stereocenters. The first-order chi connectivity index (χ1) is 9.09. The van der Waals surface area contributed by atoms with Crippen molar-refractivity contribution >= 4 is 11.7 Å². The molecule has 0 aromatic heterocycles. The fourth-order valence-corrected chi connectivity index (χ4v) is 1.84. The number of amides is 2. The zero-order valence-electron chi connectivity index (χ0n) is 11.4. The van der Waals surface area contributed by atoms with Gasteiger partial charge in [0.1, 0.15) is 0 Å². The number of rotatable bonds is 5. The van der Waals surface area contributed by atoms with Crippen molar-refractivity contribution in [2.24, 2.45) is 5.73 Å². The van der Waals surface area contributed by atoms with Gasteiger partial charge in [-0.2, -0.15) is 5.26 Å². The Labute approximate surface area is 113 Å². The summed E-state index contributed by atoms with van der Waals surface area (Å²) in [7, 11) is 0. The molecule has 0 heterocycles. The molecule has 1 aromatic carbocycles. The number of hydrogen-bond acceptors (Lipinski definition) is 3. The number of nitrogens with zero attached hydrogens (tertiary/aromatic N) is 1. The van der Waals surface area contributed by atoms with Crippen molar-refractivity contribution in [2.45, 2.75) is 32.2 Å². The van der Waals surface area contributed by atoms with Crippen LogP contribution >= 0.6 is 0 Å². The summed E-state index contributed by atoms with van der Waals surface area (Å²) in [6.07, 6.45) is 1.54. The molecule has 0 spiro atoms. The van der Waals surface area contributed by atoms with E-state index in [1.807, 2.05) is 19.9 Å². The molecule has 0 aliphatic carbocycles. The maximum atomic E-state index is 11.9. The summed E-state index contributed by atoms with van der Waals surface area (Å²) in [5.41, 5.74) is 6.45. The van der Waals surface area contributed by atoms with Crippen LogP contribution in [0.1, 0.15) is 32.3 Å². The molecule has 5 nitrogen and oxygen atoms in total. The van der Waals surface area contributed by atoms with Crippen LogP contribution in [0.3, 0.4) is 0 Å². The van der Waals surface area contributed by atoms with E-state index in [1.165, 1.54) is 0 Å². The zero-order valence-corrected chi connectivity index (χ0v) is 11.4. The minimum atomic E-state index is -0.378. The van der Waals surface area contributed by atoms with Gasteiger partial charge in [-0.1, -0.05) is 19.9 Å². The van der Waals surface area contributed by atoms with E-state index in [0.29, 0.717) is 17.8 Å². The molecule has 0 unspecified atom stereocenters. The molecule has 102 valence electrons. The Morgan fingerprint density at radius 2 is 2.11 bits per heavy atom. The number of carbonyl (C=O) groups excluding carboxylic acids is 1. The van der Waals surface area contributed by atoms with E-state index in [4.69, 9.17) is 11.0 Å². The van der Waals surface area contributed by atoms with Crippen molar-refractivity contribution in [1.82, 2.24) is 5.32 Å². The monoisotopic (exact) mass is 260 g/mol. The SMILES string of the molecule is CCC(CC)(CN)NC(=O)Nc1cccc(C#N)c1. The molecule has 0 radical (unpaired) electrons. The van der Waals surface area contributed by atoms with Crippen molar-refractivity contribution in [3.05, 3.63) is 29.8 Å². The highest BCUT2D eigenvalue weighted by Gasteiger charge is 2.26. The van der Waals surface area contributed by atoms with Gasteiger partial charge in [-0.05, 0) is 31.0 Å². The van der Waals surface area contributed by atoms with Gasteiger partial charge in [-0.25, -0.2) is 4.79 Å². The summed E-state index contributed by atoms with van der Waals surface area (Å²) >= 11 is 0. The second-order valence-electron chi connectivity index (χ2n) is 4.46. The van der Waals surface area contributed by atoms with Crippen LogP contribution in [0.5, 0.6) is 0 Å². The minimum absolute atomic E-state index is 0.302. The first-order valence-electron chi connectivity index (χ1n) is 6.38. The van der Waals surface area contributed by atoms with Crippen molar-refractivity contribution in [3.63, 3.8) is 0 Å². The van der Waals surface area contributed by atoms with E-state index in [2.05, 4.69) is 10.6 Å². The van der Waals surface area contributed by atoms with Crippen LogP contribution in [0.15, 0.2) is 24.3 Å². The van der Waals surface area contributed by atoms with Gasteiger partial charge < -0.3 is 16.4 Å². The van der Waals surface area contributed by atoms with Crippen LogP contribution in [-0.2, 0) is 0 Å². The summed E-state index contributed by atoms with van der Waals surface area (Å²) in [6.45, 7) is 4.38. The molecule has 19 heavy (non-hydrogen) atoms. The van der Waals surface area contributed by atoms with Crippen LogP contribution < -0.4 is 16.4 Å². The second-order valence-corrected chi connectivity index (χ2v) is 4.46. The molecular weight excluding hydrogens is 240 g/mol. The van der Waals surface area contributed by atoms with E-state index in [-0.39, 0.29) is 11.6 Å². The van der Waals surface area contributed by atoms with E-state index in [0.717, 1.165) is 12.8 Å². The number of benzene rings is 1. The average molecular weight is 260 g/mol. The molecule has 0 bridgehead atoms. The number of hydrogen-bond donors (Lipinski definition) is 3. The topological polar surface area (TPSA) is 90.9 Å². The smallest absolute Gasteiger partial charge is 0.319 e. The van der Waals surface area contributed by atoms with Crippen LogP contribution in [0.25, 0.3) is 0 Å². The molecule has 2 amide bonds. The fraction of sp³-hybridized carbons (Fsp3) is 0.429. The molecular formula is C14H20N4O. The van der Waals surface area contributed by atoms with Gasteiger partial charge >= 0.3 is 6.03 Å². The van der Waals surface area contributed by atoms with E-state index >= 15 is 0 Å². The van der Waals surface area contributed by atoms with Gasteiger partial charge in [0.25, 0.3) is 0 Å². The highest BCUT2D eigenvalue weighted by molar-refractivity contribution is 5.90. The summed E-state index contributed by atoms with van der Waals surface area (Å²) < 4.78 is 0. The van der Waals surface area contributed by atoms with Crippen molar-refractivity contribution in [1.29, 1.82) is 5.26 Å². The van der Waals surface area contributed by atoms with Gasteiger partial charge in [0.05, 0.1) is 17.2 Å². The standard InChI is InChI=1S/C14H20N4O/c1-3-14(4-2,10-16)18-13(19)17-12-7-5-6-11(8-12)9-15/h5-8H,3-4,10,16H2,1-2H3,(H2,17,18,19). The normalized spacial score (nSPS) is 10.6. The first kappa shape index (κ1) is 15.0. The molecule has 0 aliphatic rings. The van der Waals surface area contributed by atoms with Gasteiger partial charge in [0.2, 0.25) is 0 Å². The number of urea groups is 1. The lowest BCUT2D eigenvalue weighted by atomic mass is 9.93. The summed E-state index contributed by atoms with van der Waals surface area (Å²) in [6, 6.07) is 8.51. The predicted molar refractivity (Wildman–Crippen MR) is 75.7 cm³/mol. The van der Waals surface area contributed by atoms with E-state index in [9.17, 15) is 4.79 Å². The number of nitrogens with two attached hydrogens (primary N) is 1. The summed E-state index contributed by atoms with van der Waals surface area (Å²) in [5, 5.41) is 14.4. The molecule has 1 aromatic rings. The van der Waals surface area contributed by atoms with Gasteiger partial charge in [0, 0.05) is 12.2 Å². The van der Waals surface area contributed by atoms with Crippen LogP contribution in [-0.4, -0.2) is 18.1 Å². The molecule has 1 rings (SSSR count). The molecule has 5 heteroatoms. The lowest BCUT2D eigenvalue weighted by Gasteiger charge is -2.31. The van der Waals surface area contributed by atoms with E-state index in [1.54, 1.807) is 24.3 Å². The maximum Gasteiger partial charge on any atom is 0.319 e. The zero-order chi connectivity index (χ0) is 14.3. The Kier molecular flexibility index (Phi) is 5.34. The first-order valence-corrected chi connectivity index (χ1v) is 6.38. The molecule has 0 saturated carbocycles. The van der Waals surface area contributed by atoms with Crippen LogP contribution in [0.2, 0.25) is 0 Å². The molecule has 0 aliphatic heterocycles. The third-order valence-corrected chi connectivity index (χ3v) is 3.37. The van der Waals surface area contributed by atoms with Gasteiger partial charge in [-0.3, -0.25) is 0 Å². The highest BCUT2D eigenvalue weighted by Crippen LogP contribution is 2.14. The minimum Gasteiger partial charge on any atom is -0.331 e. The third kappa shape index (κ3) is 3.97. The Morgan fingerprint density at radius 3 is 2.63 bits per heavy atom. The predicted octanol–water partition coefficient (Wildman–Crippen LogP) is 2.20. The summed E-state index contributed by atoms with van der Waals surface area (Å²) in [5.74, 6) is 0. The van der Waals surface area contributed by atoms with Crippen LogP contribution in [0, 0.1) is 11.3 Å². The lowest BCUT2D eigenvalue weighted by molar-refractivity contribution is 0.233. The molecule has 0 saturated heterocycles. The highest BCUT2D eigenvalue weighted by atomic mass is 16.2. The Hall–Kier alpha value is -2.06. The second kappa shape index (κ2) is 6.76. The average Bonchev–Trinajstić information content (AvgIpc) is 2.45. The quantitative estimate of drug-likeness (QED) is 0.758. The Balaban J connectivity index is 2.72.